The van der Waals surface area contributed by atoms with Gasteiger partial charge in [0.15, 0.2) is 5.96 Å². The van der Waals surface area contributed by atoms with Crippen molar-refractivity contribution in [3.8, 4) is 0 Å². The molecule has 24 heavy (non-hydrogen) atoms. The Morgan fingerprint density at radius 2 is 2.08 bits per heavy atom. The van der Waals surface area contributed by atoms with E-state index in [2.05, 4.69) is 30.6 Å². The third kappa shape index (κ3) is 5.52. The summed E-state index contributed by atoms with van der Waals surface area (Å²) in [4.78, 5) is 20.5. The van der Waals surface area contributed by atoms with Crippen molar-refractivity contribution in [1.82, 2.24) is 25.6 Å². The summed E-state index contributed by atoms with van der Waals surface area (Å²) in [6, 6.07) is 2.12. The molecule has 0 saturated carbocycles. The SMILES string of the molecule is CN=C(NCC(=O)NC(C)C)N1CCN(Cc2cc(C)on2)CC1. The summed E-state index contributed by atoms with van der Waals surface area (Å²) in [6.45, 7) is 10.4. The maximum absolute atomic E-state index is 11.7. The Hall–Kier alpha value is -2.09. The van der Waals surface area contributed by atoms with Gasteiger partial charge in [0.2, 0.25) is 5.91 Å². The van der Waals surface area contributed by atoms with E-state index in [1.54, 1.807) is 7.05 Å². The third-order valence-electron chi connectivity index (χ3n) is 3.80. The number of aromatic nitrogens is 1. The minimum atomic E-state index is -0.0220. The Labute approximate surface area is 143 Å². The van der Waals surface area contributed by atoms with Crippen molar-refractivity contribution in [2.75, 3.05) is 39.8 Å². The molecule has 2 N–H and O–H groups in total. The summed E-state index contributed by atoms with van der Waals surface area (Å²) in [5.74, 6) is 1.59. The number of nitrogens with zero attached hydrogens (tertiary/aromatic N) is 4. The minimum Gasteiger partial charge on any atom is -0.361 e. The molecule has 134 valence electrons. The molecular formula is C16H28N6O2. The predicted octanol–water partition coefficient (Wildman–Crippen LogP) is 0.201. The van der Waals surface area contributed by atoms with Gasteiger partial charge in [-0.3, -0.25) is 14.7 Å². The van der Waals surface area contributed by atoms with Crippen LogP contribution in [-0.2, 0) is 11.3 Å². The summed E-state index contributed by atoms with van der Waals surface area (Å²) in [6.07, 6.45) is 0. The number of aryl methyl sites for hydroxylation is 1. The van der Waals surface area contributed by atoms with Gasteiger partial charge in [-0.15, -0.1) is 0 Å². The highest BCUT2D eigenvalue weighted by Gasteiger charge is 2.20. The largest absolute Gasteiger partial charge is 0.361 e. The molecule has 2 heterocycles. The number of amides is 1. The van der Waals surface area contributed by atoms with E-state index in [1.807, 2.05) is 26.8 Å². The van der Waals surface area contributed by atoms with E-state index >= 15 is 0 Å². The molecule has 0 aliphatic carbocycles. The fraction of sp³-hybridized carbons (Fsp3) is 0.688. The number of aliphatic imine (C=N–C) groups is 1. The van der Waals surface area contributed by atoms with Gasteiger partial charge in [-0.25, -0.2) is 0 Å². The number of hydrogen-bond acceptors (Lipinski definition) is 5. The van der Waals surface area contributed by atoms with Gasteiger partial charge in [0.05, 0.1) is 12.2 Å². The molecule has 1 amide bonds. The molecule has 0 bridgehead atoms. The number of carbonyl (C=O) groups excluding carboxylic acids is 1. The number of guanidine groups is 1. The van der Waals surface area contributed by atoms with E-state index in [4.69, 9.17) is 4.52 Å². The van der Waals surface area contributed by atoms with E-state index in [9.17, 15) is 4.79 Å². The second-order valence-corrected chi connectivity index (χ2v) is 6.32. The van der Waals surface area contributed by atoms with Crippen LogP contribution in [0.2, 0.25) is 0 Å². The highest BCUT2D eigenvalue weighted by Crippen LogP contribution is 2.09. The van der Waals surface area contributed by atoms with Gasteiger partial charge in [0, 0.05) is 51.9 Å². The van der Waals surface area contributed by atoms with Crippen molar-refractivity contribution in [2.24, 2.45) is 4.99 Å². The van der Waals surface area contributed by atoms with Crippen molar-refractivity contribution in [3.05, 3.63) is 17.5 Å². The van der Waals surface area contributed by atoms with E-state index in [1.165, 1.54) is 0 Å². The average molecular weight is 336 g/mol. The smallest absolute Gasteiger partial charge is 0.239 e. The molecule has 1 saturated heterocycles. The molecule has 0 atom stereocenters. The summed E-state index contributed by atoms with van der Waals surface area (Å²) in [7, 11) is 1.74. The second-order valence-electron chi connectivity index (χ2n) is 6.32. The molecule has 0 radical (unpaired) electrons. The zero-order valence-electron chi connectivity index (χ0n) is 15.0. The van der Waals surface area contributed by atoms with Crippen molar-refractivity contribution in [2.45, 2.75) is 33.4 Å². The van der Waals surface area contributed by atoms with Crippen LogP contribution in [0.3, 0.4) is 0 Å². The fourth-order valence-corrected chi connectivity index (χ4v) is 2.70. The van der Waals surface area contributed by atoms with Gasteiger partial charge < -0.3 is 20.1 Å². The van der Waals surface area contributed by atoms with E-state index in [0.717, 1.165) is 50.1 Å². The second kappa shape index (κ2) is 8.68. The standard InChI is InChI=1S/C16H28N6O2/c1-12(2)19-15(23)10-18-16(17-4)22-7-5-21(6-8-22)11-14-9-13(3)24-20-14/h9,12H,5-8,10-11H2,1-4H3,(H,17,18)(H,19,23). The maximum Gasteiger partial charge on any atom is 0.239 e. The zero-order chi connectivity index (χ0) is 17.5. The summed E-state index contributed by atoms with van der Waals surface area (Å²) < 4.78 is 5.11. The first-order valence-electron chi connectivity index (χ1n) is 8.37. The molecule has 1 aromatic heterocycles. The number of rotatable bonds is 5. The first kappa shape index (κ1) is 18.3. The third-order valence-corrected chi connectivity index (χ3v) is 3.80. The van der Waals surface area contributed by atoms with Crippen LogP contribution in [0.1, 0.15) is 25.3 Å². The lowest BCUT2D eigenvalue weighted by Crippen LogP contribution is -2.53. The Bertz CT molecular complexity index is 561. The van der Waals surface area contributed by atoms with E-state index in [0.29, 0.717) is 0 Å². The fourth-order valence-electron chi connectivity index (χ4n) is 2.70. The molecule has 1 aliphatic heterocycles. The lowest BCUT2D eigenvalue weighted by atomic mass is 10.3. The quantitative estimate of drug-likeness (QED) is 0.590. The molecule has 0 spiro atoms. The summed E-state index contributed by atoms with van der Waals surface area (Å²) in [5, 5.41) is 10.0. The number of hydrogen-bond donors (Lipinski definition) is 2. The maximum atomic E-state index is 11.7. The van der Waals surface area contributed by atoms with Crippen molar-refractivity contribution < 1.29 is 9.32 Å². The lowest BCUT2D eigenvalue weighted by molar-refractivity contribution is -0.120. The Morgan fingerprint density at radius 1 is 1.38 bits per heavy atom. The van der Waals surface area contributed by atoms with Crippen molar-refractivity contribution in [3.63, 3.8) is 0 Å². The van der Waals surface area contributed by atoms with Crippen LogP contribution in [0.4, 0.5) is 0 Å². The molecular weight excluding hydrogens is 308 g/mol. The Morgan fingerprint density at radius 3 is 2.62 bits per heavy atom. The number of carbonyl (C=O) groups is 1. The molecule has 8 heteroatoms. The predicted molar refractivity (Wildman–Crippen MR) is 92.7 cm³/mol. The Balaban J connectivity index is 1.76. The van der Waals surface area contributed by atoms with Gasteiger partial charge >= 0.3 is 0 Å². The monoisotopic (exact) mass is 336 g/mol. The van der Waals surface area contributed by atoms with Crippen molar-refractivity contribution >= 4 is 11.9 Å². The molecule has 2 rings (SSSR count). The van der Waals surface area contributed by atoms with Crippen LogP contribution < -0.4 is 10.6 Å². The highest BCUT2D eigenvalue weighted by molar-refractivity contribution is 5.86. The first-order chi connectivity index (χ1) is 11.5. The Kier molecular flexibility index (Phi) is 6.60. The summed E-state index contributed by atoms with van der Waals surface area (Å²) >= 11 is 0. The van der Waals surface area contributed by atoms with Crippen LogP contribution in [-0.4, -0.2) is 72.6 Å². The number of nitrogens with one attached hydrogen (secondary N) is 2. The van der Waals surface area contributed by atoms with Gasteiger partial charge in [-0.1, -0.05) is 5.16 Å². The van der Waals surface area contributed by atoms with Crippen LogP contribution in [0, 0.1) is 6.92 Å². The van der Waals surface area contributed by atoms with Crippen LogP contribution >= 0.6 is 0 Å². The molecule has 0 aromatic carbocycles. The first-order valence-corrected chi connectivity index (χ1v) is 8.37. The van der Waals surface area contributed by atoms with Gasteiger partial charge in [-0.05, 0) is 20.8 Å². The lowest BCUT2D eigenvalue weighted by Gasteiger charge is -2.36. The van der Waals surface area contributed by atoms with E-state index < -0.39 is 0 Å². The van der Waals surface area contributed by atoms with Gasteiger partial charge in [0.25, 0.3) is 0 Å². The van der Waals surface area contributed by atoms with Crippen LogP contribution in [0.25, 0.3) is 0 Å². The zero-order valence-corrected chi connectivity index (χ0v) is 15.0. The molecule has 8 nitrogen and oxygen atoms in total. The summed E-state index contributed by atoms with van der Waals surface area (Å²) in [5.41, 5.74) is 0.966. The van der Waals surface area contributed by atoms with Crippen LogP contribution in [0.15, 0.2) is 15.6 Å². The van der Waals surface area contributed by atoms with E-state index in [-0.39, 0.29) is 18.5 Å². The normalized spacial score (nSPS) is 16.5. The highest BCUT2D eigenvalue weighted by atomic mass is 16.5. The van der Waals surface area contributed by atoms with Crippen LogP contribution in [0.5, 0.6) is 0 Å². The molecule has 0 unspecified atom stereocenters. The number of piperazine rings is 1. The van der Waals surface area contributed by atoms with Gasteiger partial charge in [0.1, 0.15) is 5.76 Å². The minimum absolute atomic E-state index is 0.0220. The topological polar surface area (TPSA) is 86.0 Å². The van der Waals surface area contributed by atoms with Crippen molar-refractivity contribution in [1.29, 1.82) is 0 Å². The average Bonchev–Trinajstić information content (AvgIpc) is 2.94. The molecule has 1 fully saturated rings. The molecule has 1 aliphatic rings. The molecule has 1 aromatic rings. The van der Waals surface area contributed by atoms with Gasteiger partial charge in [-0.2, -0.15) is 0 Å².